The van der Waals surface area contributed by atoms with Gasteiger partial charge >= 0.3 is 45.3 Å². The highest BCUT2D eigenvalue weighted by Gasteiger charge is 2.79. The Kier molecular flexibility index (Phi) is 6.60. The van der Waals surface area contributed by atoms with Gasteiger partial charge in [-0.1, -0.05) is 0 Å². The molecule has 4 aliphatic carbocycles. The predicted molar refractivity (Wildman–Crippen MR) is 95.4 cm³/mol. The molecule has 0 aliphatic heterocycles. The highest BCUT2D eigenvalue weighted by molar-refractivity contribution is 7.87. The van der Waals surface area contributed by atoms with Crippen molar-refractivity contribution in [3.63, 3.8) is 0 Å². The maximum absolute atomic E-state index is 14.2. The molecule has 18 heteroatoms. The lowest BCUT2D eigenvalue weighted by Crippen LogP contribution is -2.63. The van der Waals surface area contributed by atoms with Crippen LogP contribution in [-0.4, -0.2) is 66.8 Å². The molecule has 4 bridgehead atoms. The van der Waals surface area contributed by atoms with Crippen LogP contribution in [0.5, 0.6) is 0 Å². The molecule has 0 amide bonds. The first-order valence-electron chi connectivity index (χ1n) is 10.1. The van der Waals surface area contributed by atoms with E-state index < -0.39 is 87.6 Å². The number of rotatable bonds is 10. The number of carbonyl (C=O) groups is 3. The largest absolute Gasteiger partial charge is 0.473 e. The molecule has 0 aromatic carbocycles. The minimum atomic E-state index is -6.51. The van der Waals surface area contributed by atoms with E-state index in [1.165, 1.54) is 0 Å². The molecule has 206 valence electrons. The van der Waals surface area contributed by atoms with Crippen molar-refractivity contribution in [1.29, 1.82) is 0 Å². The van der Waals surface area contributed by atoms with Crippen LogP contribution in [0, 0.1) is 17.3 Å². The van der Waals surface area contributed by atoms with E-state index in [0.717, 1.165) is 0 Å². The van der Waals surface area contributed by atoms with E-state index in [-0.39, 0.29) is 25.7 Å². The smallest absolute Gasteiger partial charge is 0.460 e. The second-order valence-electron chi connectivity index (χ2n) is 9.48. The van der Waals surface area contributed by atoms with Gasteiger partial charge in [0.15, 0.2) is 0 Å². The molecule has 4 saturated carbocycles. The Morgan fingerprint density at radius 1 is 0.944 bits per heavy atom. The summed E-state index contributed by atoms with van der Waals surface area (Å²) >= 11 is 0. The predicted octanol–water partition coefficient (Wildman–Crippen LogP) is 2.93. The van der Waals surface area contributed by atoms with Gasteiger partial charge in [-0.05, 0) is 50.4 Å². The number of ether oxygens (including phenoxy) is 3. The van der Waals surface area contributed by atoms with Crippen LogP contribution in [0.4, 0.5) is 35.1 Å². The van der Waals surface area contributed by atoms with E-state index in [1.807, 2.05) is 0 Å². The van der Waals surface area contributed by atoms with Gasteiger partial charge in [0, 0.05) is 5.41 Å². The summed E-state index contributed by atoms with van der Waals surface area (Å²) in [5, 5.41) is -5.32. The van der Waals surface area contributed by atoms with Crippen LogP contribution < -0.4 is 0 Å². The third-order valence-electron chi connectivity index (χ3n) is 6.72. The first-order chi connectivity index (χ1) is 16.1. The zero-order valence-corrected chi connectivity index (χ0v) is 18.6. The fraction of sp³-hybridized carbons (Fsp3) is 0.833. The summed E-state index contributed by atoms with van der Waals surface area (Å²) in [4.78, 5) is 33.6. The number of esters is 2. The van der Waals surface area contributed by atoms with Crippen molar-refractivity contribution in [2.45, 2.75) is 67.3 Å². The average Bonchev–Trinajstić information content (AvgIpc) is 2.69. The van der Waals surface area contributed by atoms with Crippen molar-refractivity contribution in [3.8, 4) is 0 Å². The molecule has 0 aromatic rings. The molecule has 0 spiro atoms. The molecule has 0 aromatic heterocycles. The van der Waals surface area contributed by atoms with Crippen molar-refractivity contribution in [1.82, 2.24) is 0 Å². The fourth-order valence-electron chi connectivity index (χ4n) is 5.77. The lowest BCUT2D eigenvalue weighted by molar-refractivity contribution is -0.377. The summed E-state index contributed by atoms with van der Waals surface area (Å²) in [7, 11) is -6.18. The summed E-state index contributed by atoms with van der Waals surface area (Å²) in [6.07, 6.45) is -6.24. The summed E-state index contributed by atoms with van der Waals surface area (Å²) in [6.45, 7) is -2.13. The van der Waals surface area contributed by atoms with Gasteiger partial charge in [-0.3, -0.25) is 9.35 Å². The highest BCUT2D eigenvalue weighted by atomic mass is 32.2. The van der Waals surface area contributed by atoms with Crippen LogP contribution in [0.3, 0.4) is 0 Å². The van der Waals surface area contributed by atoms with Crippen molar-refractivity contribution < 1.29 is 76.7 Å². The van der Waals surface area contributed by atoms with Crippen LogP contribution in [0.25, 0.3) is 0 Å². The second-order valence-corrected chi connectivity index (χ2v) is 10.9. The molecule has 2 atom stereocenters. The lowest BCUT2D eigenvalue weighted by Gasteiger charge is -2.61. The van der Waals surface area contributed by atoms with Crippen molar-refractivity contribution >= 4 is 28.5 Å². The van der Waals surface area contributed by atoms with Gasteiger partial charge in [-0.15, -0.1) is 0 Å². The number of hydrogen-bond donors (Lipinski definition) is 1. The average molecular weight is 562 g/mol. The summed E-state index contributed by atoms with van der Waals surface area (Å²) in [5.74, 6) is -19.2. The Bertz CT molecular complexity index is 1030. The molecule has 4 fully saturated rings. The Labute approximate surface area is 197 Å². The van der Waals surface area contributed by atoms with Gasteiger partial charge < -0.3 is 14.2 Å². The molecular formula is C18H18F8O9S. The molecule has 0 saturated heterocycles. The molecule has 9 nitrogen and oxygen atoms in total. The summed E-state index contributed by atoms with van der Waals surface area (Å²) in [5.41, 5.74) is -3.25. The van der Waals surface area contributed by atoms with Gasteiger partial charge in [0.2, 0.25) is 0 Å². The molecule has 36 heavy (non-hydrogen) atoms. The van der Waals surface area contributed by atoms with Crippen molar-refractivity contribution in [2.24, 2.45) is 17.3 Å². The number of hydrogen-bond acceptors (Lipinski definition) is 8. The SMILES string of the molecule is O=COC(F)(F)C(F)(F)C(F)(F)C(=O)OC12CC3CC(CC(COC(=O)C(F)(F)S(=O)(=O)O)(C3)C1)C2. The third-order valence-corrected chi connectivity index (χ3v) is 7.54. The summed E-state index contributed by atoms with van der Waals surface area (Å²) < 4.78 is 151. The van der Waals surface area contributed by atoms with Crippen molar-refractivity contribution in [3.05, 3.63) is 0 Å². The summed E-state index contributed by atoms with van der Waals surface area (Å²) in [6, 6.07) is 0. The van der Waals surface area contributed by atoms with Crippen LogP contribution >= 0.6 is 0 Å². The molecule has 1 N–H and O–H groups in total. The maximum atomic E-state index is 14.2. The van der Waals surface area contributed by atoms with E-state index in [1.54, 1.807) is 0 Å². The number of alkyl halides is 8. The van der Waals surface area contributed by atoms with Crippen LogP contribution in [0.15, 0.2) is 0 Å². The first-order valence-corrected chi connectivity index (χ1v) is 11.6. The van der Waals surface area contributed by atoms with Crippen LogP contribution in [0.1, 0.15) is 38.5 Å². The normalized spacial score (nSPS) is 30.6. The molecule has 4 rings (SSSR count). The van der Waals surface area contributed by atoms with Gasteiger partial charge in [0.25, 0.3) is 6.47 Å². The van der Waals surface area contributed by atoms with Gasteiger partial charge in [-0.25, -0.2) is 9.59 Å². The van der Waals surface area contributed by atoms with E-state index in [2.05, 4.69) is 14.2 Å². The zero-order valence-electron chi connectivity index (χ0n) is 17.8. The minimum Gasteiger partial charge on any atom is -0.460 e. The number of halogens is 8. The quantitative estimate of drug-likeness (QED) is 0.140. The third kappa shape index (κ3) is 4.50. The Hall–Kier alpha value is -2.24. The first kappa shape index (κ1) is 28.3. The minimum absolute atomic E-state index is 0.116. The van der Waals surface area contributed by atoms with Crippen molar-refractivity contribution in [2.75, 3.05) is 6.61 Å². The molecule has 4 aliphatic rings. The maximum Gasteiger partial charge on any atom is 0.473 e. The standard InChI is InChI=1S/C18H18F8O9S/c19-15(20,17(23,24)18(25,26)34-8-27)11(28)35-14-4-9-1-10(5-14)3-13(2-9,6-14)7-33-12(29)16(21,22)36(30,31)32/h8-10H,1-7H2,(H,30,31,32). The van der Waals surface area contributed by atoms with E-state index >= 15 is 0 Å². The van der Waals surface area contributed by atoms with Gasteiger partial charge in [0.05, 0.1) is 6.61 Å². The van der Waals surface area contributed by atoms with Crippen LogP contribution in [-0.2, 0) is 38.7 Å². The fourth-order valence-corrected chi connectivity index (χ4v) is 6.04. The zero-order chi connectivity index (χ0) is 27.6. The number of carbonyl (C=O) groups excluding carboxylic acids is 3. The van der Waals surface area contributed by atoms with Gasteiger partial charge in [0.1, 0.15) is 5.60 Å². The Balaban J connectivity index is 1.81. The van der Waals surface area contributed by atoms with E-state index in [0.29, 0.717) is 6.42 Å². The highest BCUT2D eigenvalue weighted by Crippen LogP contribution is 2.63. The van der Waals surface area contributed by atoms with Crippen LogP contribution in [0.2, 0.25) is 0 Å². The molecule has 0 radical (unpaired) electrons. The second kappa shape index (κ2) is 8.39. The molecule has 2 unspecified atom stereocenters. The molecule has 0 heterocycles. The topological polar surface area (TPSA) is 133 Å². The Morgan fingerprint density at radius 3 is 1.94 bits per heavy atom. The monoisotopic (exact) mass is 562 g/mol. The Morgan fingerprint density at radius 2 is 1.47 bits per heavy atom. The molecular weight excluding hydrogens is 544 g/mol. The van der Waals surface area contributed by atoms with E-state index in [4.69, 9.17) is 4.55 Å². The van der Waals surface area contributed by atoms with E-state index in [9.17, 15) is 57.9 Å². The lowest BCUT2D eigenvalue weighted by atomic mass is 9.48. The van der Waals surface area contributed by atoms with Gasteiger partial charge in [-0.2, -0.15) is 43.5 Å².